The fourth-order valence-corrected chi connectivity index (χ4v) is 7.56. The fraction of sp³-hybridized carbons (Fsp3) is 0.400. The smallest absolute Gasteiger partial charge is 0.0463 e. The number of alkyl halides is 1. The third kappa shape index (κ3) is 12.4. The van der Waals surface area contributed by atoms with Gasteiger partial charge in [-0.05, 0) is 153 Å². The number of hydrogen-bond donors (Lipinski definition) is 0. The van der Waals surface area contributed by atoms with Gasteiger partial charge in [-0.3, -0.25) is 0 Å². The van der Waals surface area contributed by atoms with Gasteiger partial charge in [0.1, 0.15) is 0 Å². The van der Waals surface area contributed by atoms with Crippen molar-refractivity contribution in [2.75, 3.05) is 15.1 Å². The quantitative estimate of drug-likeness (QED) is 0.0482. The summed E-state index contributed by atoms with van der Waals surface area (Å²) in [4.78, 5) is 4.82. The van der Waals surface area contributed by atoms with Gasteiger partial charge in [0.2, 0.25) is 0 Å². The molecule has 0 aliphatic carbocycles. The molecule has 5 rings (SSSR count). The monoisotopic (exact) mass is 770 g/mol. The van der Waals surface area contributed by atoms with Gasteiger partial charge in [0, 0.05) is 39.5 Å². The van der Waals surface area contributed by atoms with Gasteiger partial charge < -0.3 is 9.80 Å². The van der Waals surface area contributed by atoms with Crippen LogP contribution in [-0.4, -0.2) is 5.33 Å². The van der Waals surface area contributed by atoms with Gasteiger partial charge in [0.05, 0.1) is 0 Å². The zero-order valence-corrected chi connectivity index (χ0v) is 34.4. The van der Waals surface area contributed by atoms with E-state index in [-0.39, 0.29) is 0 Å². The zero-order chi connectivity index (χ0) is 37.1. The Morgan fingerprint density at radius 3 is 0.792 bits per heavy atom. The van der Waals surface area contributed by atoms with Crippen LogP contribution in [0, 0.1) is 0 Å². The minimum atomic E-state index is 1.13. The summed E-state index contributed by atoms with van der Waals surface area (Å²) in [5, 5.41) is 1.13. The normalized spacial score (nSPS) is 11.2. The summed E-state index contributed by atoms with van der Waals surface area (Å²) in [5.74, 6) is 0. The molecule has 2 nitrogen and oxygen atoms in total. The molecular weight excluding hydrogens is 708 g/mol. The Morgan fingerprint density at radius 1 is 0.302 bits per heavy atom. The predicted molar refractivity (Wildman–Crippen MR) is 237 cm³/mol. The maximum absolute atomic E-state index is 3.56. The molecule has 0 saturated heterocycles. The van der Waals surface area contributed by atoms with Crippen LogP contribution < -0.4 is 9.80 Å². The highest BCUT2D eigenvalue weighted by atomic mass is 79.9. The van der Waals surface area contributed by atoms with E-state index in [0.29, 0.717) is 0 Å². The Kier molecular flexibility index (Phi) is 17.1. The summed E-state index contributed by atoms with van der Waals surface area (Å²) in [7, 11) is 0. The molecule has 0 aliphatic heterocycles. The minimum absolute atomic E-state index is 1.13. The van der Waals surface area contributed by atoms with Gasteiger partial charge in [-0.2, -0.15) is 0 Å². The van der Waals surface area contributed by atoms with Crippen LogP contribution in [0.2, 0.25) is 0 Å². The first-order valence-electron chi connectivity index (χ1n) is 20.8. The largest absolute Gasteiger partial charge is 0.311 e. The first kappa shape index (κ1) is 40.4. The van der Waals surface area contributed by atoms with E-state index in [4.69, 9.17) is 0 Å². The highest BCUT2D eigenvalue weighted by molar-refractivity contribution is 9.09. The van der Waals surface area contributed by atoms with Crippen LogP contribution in [-0.2, 0) is 25.7 Å². The van der Waals surface area contributed by atoms with Crippen LogP contribution in [0.3, 0.4) is 0 Å². The van der Waals surface area contributed by atoms with E-state index in [1.165, 1.54) is 122 Å². The second kappa shape index (κ2) is 22.4. The first-order chi connectivity index (χ1) is 26.1. The Labute approximate surface area is 330 Å². The number of hydrogen-bond acceptors (Lipinski definition) is 2. The molecule has 0 bridgehead atoms. The van der Waals surface area contributed by atoms with Gasteiger partial charge in [0.15, 0.2) is 0 Å². The third-order valence-corrected chi connectivity index (χ3v) is 11.0. The molecule has 3 heteroatoms. The van der Waals surface area contributed by atoms with Crippen molar-refractivity contribution < 1.29 is 0 Å². The van der Waals surface area contributed by atoms with Crippen molar-refractivity contribution in [1.82, 2.24) is 0 Å². The number of benzene rings is 5. The van der Waals surface area contributed by atoms with Crippen molar-refractivity contribution in [3.05, 3.63) is 144 Å². The lowest BCUT2D eigenvalue weighted by molar-refractivity contribution is 0.610. The highest BCUT2D eigenvalue weighted by Gasteiger charge is 2.17. The van der Waals surface area contributed by atoms with Crippen molar-refractivity contribution in [1.29, 1.82) is 0 Å². The molecule has 0 aliphatic rings. The molecule has 0 N–H and O–H groups in total. The summed E-state index contributed by atoms with van der Waals surface area (Å²) in [5.41, 5.74) is 12.7. The number of rotatable bonds is 23. The fourth-order valence-electron chi connectivity index (χ4n) is 7.17. The molecule has 0 aromatic heterocycles. The minimum Gasteiger partial charge on any atom is -0.311 e. The first-order valence-corrected chi connectivity index (χ1v) is 21.9. The lowest BCUT2D eigenvalue weighted by Gasteiger charge is -2.29. The molecule has 0 spiro atoms. The average Bonchev–Trinajstić information content (AvgIpc) is 3.21. The molecule has 0 unspecified atom stereocenters. The summed E-state index contributed by atoms with van der Waals surface area (Å²) < 4.78 is 0. The number of halogens is 1. The van der Waals surface area contributed by atoms with Crippen LogP contribution in [0.25, 0.3) is 0 Å². The second-order valence-corrected chi connectivity index (χ2v) is 15.5. The Bertz CT molecular complexity index is 1660. The van der Waals surface area contributed by atoms with Gasteiger partial charge in [0.25, 0.3) is 0 Å². The van der Waals surface area contributed by atoms with E-state index in [9.17, 15) is 0 Å². The van der Waals surface area contributed by atoms with E-state index in [1.54, 1.807) is 0 Å². The summed E-state index contributed by atoms with van der Waals surface area (Å²) in [6.45, 7) is 6.79. The maximum atomic E-state index is 3.56. The number of unbranched alkanes of at least 4 members (excludes halogenated alkanes) is 8. The molecule has 280 valence electrons. The van der Waals surface area contributed by atoms with Crippen molar-refractivity contribution in [2.24, 2.45) is 0 Å². The molecule has 5 aromatic carbocycles. The molecule has 0 atom stereocenters. The highest BCUT2D eigenvalue weighted by Crippen LogP contribution is 2.39. The Balaban J connectivity index is 1.42. The van der Waals surface area contributed by atoms with Gasteiger partial charge in [-0.25, -0.2) is 0 Å². The van der Waals surface area contributed by atoms with Gasteiger partial charge >= 0.3 is 0 Å². The molecule has 0 amide bonds. The van der Waals surface area contributed by atoms with Crippen molar-refractivity contribution in [3.8, 4) is 0 Å². The summed E-state index contributed by atoms with van der Waals surface area (Å²) in [6.07, 6.45) is 19.8. The van der Waals surface area contributed by atoms with E-state index < -0.39 is 0 Å². The summed E-state index contributed by atoms with van der Waals surface area (Å²) >= 11 is 3.56. The lowest BCUT2D eigenvalue weighted by Crippen LogP contribution is -2.12. The van der Waals surface area contributed by atoms with Crippen molar-refractivity contribution in [3.63, 3.8) is 0 Å². The number of nitrogens with zero attached hydrogens (tertiary/aromatic N) is 2. The van der Waals surface area contributed by atoms with E-state index >= 15 is 0 Å². The predicted octanol–water partition coefficient (Wildman–Crippen LogP) is 15.9. The number of aryl methyl sites for hydroxylation is 4. The SMILES string of the molecule is CCCCc1ccc(N(c2ccc(CCCC)cc2)c2ccc(N(c3ccc(CCCC)cc3)c3ccc(CCCCCCCCBr)cc3)cc2)cc1. The zero-order valence-electron chi connectivity index (χ0n) is 32.8. The maximum Gasteiger partial charge on any atom is 0.0463 e. The van der Waals surface area contributed by atoms with Crippen molar-refractivity contribution >= 4 is 50.1 Å². The van der Waals surface area contributed by atoms with E-state index in [1.807, 2.05) is 0 Å². The summed E-state index contributed by atoms with van der Waals surface area (Å²) in [6, 6.07) is 46.1. The second-order valence-electron chi connectivity index (χ2n) is 14.7. The van der Waals surface area contributed by atoms with Crippen molar-refractivity contribution in [2.45, 2.75) is 124 Å². The molecular formula is C50H63BrN2. The van der Waals surface area contributed by atoms with Crippen LogP contribution in [0.1, 0.15) is 120 Å². The van der Waals surface area contributed by atoms with Crippen LogP contribution in [0.15, 0.2) is 121 Å². The Hall–Kier alpha value is -3.82. The van der Waals surface area contributed by atoms with E-state index in [2.05, 4.69) is 168 Å². The third-order valence-electron chi connectivity index (χ3n) is 10.5. The van der Waals surface area contributed by atoms with Crippen LogP contribution >= 0.6 is 15.9 Å². The Morgan fingerprint density at radius 2 is 0.528 bits per heavy atom. The standard InChI is InChI=1S/C50H63BrN2/c1-4-7-16-41-20-28-45(29-21-41)52(46-30-22-42(23-31-46)17-8-5-2)49-36-38-50(39-37-49)53(47-32-24-43(25-33-47)18-9-6-3)48-34-26-44(27-35-48)19-14-12-10-11-13-15-40-51/h20-39H,4-19,40H2,1-3H3. The van der Waals surface area contributed by atoms with Crippen LogP contribution in [0.4, 0.5) is 34.1 Å². The molecule has 0 radical (unpaired) electrons. The topological polar surface area (TPSA) is 6.48 Å². The number of anilines is 6. The molecule has 53 heavy (non-hydrogen) atoms. The molecule has 0 saturated carbocycles. The van der Waals surface area contributed by atoms with Gasteiger partial charge in [-0.15, -0.1) is 0 Å². The lowest BCUT2D eigenvalue weighted by atomic mass is 10.0. The van der Waals surface area contributed by atoms with Gasteiger partial charge in [-0.1, -0.05) is 130 Å². The molecule has 0 fully saturated rings. The molecule has 0 heterocycles. The average molecular weight is 772 g/mol. The molecule has 5 aromatic rings. The van der Waals surface area contributed by atoms with E-state index in [0.717, 1.165) is 42.4 Å². The van der Waals surface area contributed by atoms with Crippen LogP contribution in [0.5, 0.6) is 0 Å².